The maximum Gasteiger partial charge on any atom is 0.230 e. The van der Waals surface area contributed by atoms with Crippen LogP contribution in [0.4, 0.5) is 0 Å². The lowest BCUT2D eigenvalue weighted by molar-refractivity contribution is -0.119. The summed E-state index contributed by atoms with van der Waals surface area (Å²) in [6.07, 6.45) is -1.22. The molecule has 1 aromatic rings. The maximum absolute atomic E-state index is 12.7. The molecule has 5 nitrogen and oxygen atoms in total. The predicted molar refractivity (Wildman–Crippen MR) is 85.3 cm³/mol. The average molecular weight is 378 g/mol. The van der Waals surface area contributed by atoms with Gasteiger partial charge in [0.2, 0.25) is 5.91 Å². The van der Waals surface area contributed by atoms with Crippen LogP contribution in [0.1, 0.15) is 19.4 Å². The van der Waals surface area contributed by atoms with Gasteiger partial charge in [0.25, 0.3) is 0 Å². The SMILES string of the molecule is Cc1cccc(S(=O)(=O)C(C)(C)C(O)CNC(=O)CBr)c1. The Kier molecular flexibility index (Phi) is 5.95. The number of nitrogens with one attached hydrogen (secondary N) is 1. The summed E-state index contributed by atoms with van der Waals surface area (Å²) in [5.41, 5.74) is 0.828. The Labute approximate surface area is 133 Å². The molecule has 1 amide bonds. The van der Waals surface area contributed by atoms with Gasteiger partial charge in [-0.3, -0.25) is 4.79 Å². The van der Waals surface area contributed by atoms with Gasteiger partial charge >= 0.3 is 0 Å². The molecule has 0 saturated heterocycles. The number of rotatable bonds is 6. The number of aliphatic hydroxyl groups is 1. The first-order valence-corrected chi connectivity index (χ1v) is 9.05. The summed E-state index contributed by atoms with van der Waals surface area (Å²) >= 11 is 2.99. The van der Waals surface area contributed by atoms with Gasteiger partial charge in [-0.05, 0) is 38.5 Å². The molecule has 21 heavy (non-hydrogen) atoms. The number of hydrogen-bond donors (Lipinski definition) is 2. The molecule has 0 aliphatic carbocycles. The Morgan fingerprint density at radius 2 is 2.05 bits per heavy atom. The molecule has 0 spiro atoms. The second-order valence-electron chi connectivity index (χ2n) is 5.38. The van der Waals surface area contributed by atoms with Crippen LogP contribution in [-0.4, -0.2) is 42.2 Å². The summed E-state index contributed by atoms with van der Waals surface area (Å²) in [6, 6.07) is 6.55. The fraction of sp³-hybridized carbons (Fsp3) is 0.500. The minimum Gasteiger partial charge on any atom is -0.390 e. The van der Waals surface area contributed by atoms with Crippen molar-refractivity contribution in [3.8, 4) is 0 Å². The van der Waals surface area contributed by atoms with E-state index in [4.69, 9.17) is 0 Å². The lowest BCUT2D eigenvalue weighted by Gasteiger charge is -2.30. The zero-order valence-electron chi connectivity index (χ0n) is 12.3. The smallest absolute Gasteiger partial charge is 0.230 e. The van der Waals surface area contributed by atoms with E-state index >= 15 is 0 Å². The molecule has 0 saturated carbocycles. The third-order valence-electron chi connectivity index (χ3n) is 3.41. The molecule has 1 unspecified atom stereocenters. The van der Waals surface area contributed by atoms with Crippen LogP contribution in [0.5, 0.6) is 0 Å². The number of alkyl halides is 1. The summed E-state index contributed by atoms with van der Waals surface area (Å²) in [4.78, 5) is 11.4. The average Bonchev–Trinajstić information content (AvgIpc) is 2.43. The minimum atomic E-state index is -3.73. The molecular weight excluding hydrogens is 358 g/mol. The number of aryl methyl sites for hydroxylation is 1. The number of benzene rings is 1. The fourth-order valence-electron chi connectivity index (χ4n) is 1.77. The van der Waals surface area contributed by atoms with Crippen molar-refractivity contribution in [1.29, 1.82) is 0 Å². The van der Waals surface area contributed by atoms with Crippen molar-refractivity contribution < 1.29 is 18.3 Å². The number of sulfone groups is 1. The third-order valence-corrected chi connectivity index (χ3v) is 6.45. The zero-order chi connectivity index (χ0) is 16.3. The van der Waals surface area contributed by atoms with Gasteiger partial charge < -0.3 is 10.4 Å². The van der Waals surface area contributed by atoms with Crippen LogP contribution in [0.15, 0.2) is 29.2 Å². The Morgan fingerprint density at radius 3 is 2.57 bits per heavy atom. The quantitative estimate of drug-likeness (QED) is 0.734. The number of halogens is 1. The topological polar surface area (TPSA) is 83.5 Å². The molecule has 0 radical (unpaired) electrons. The first-order chi connectivity index (χ1) is 9.62. The largest absolute Gasteiger partial charge is 0.390 e. The van der Waals surface area contributed by atoms with Crippen molar-refractivity contribution in [1.82, 2.24) is 5.32 Å². The lowest BCUT2D eigenvalue weighted by atomic mass is 10.1. The van der Waals surface area contributed by atoms with Gasteiger partial charge in [0.15, 0.2) is 9.84 Å². The molecule has 0 aromatic heterocycles. The number of hydrogen-bond acceptors (Lipinski definition) is 4. The fourth-order valence-corrected chi connectivity index (χ4v) is 3.61. The summed E-state index contributed by atoms with van der Waals surface area (Å²) in [6.45, 7) is 4.59. The molecular formula is C14H20BrNO4S. The van der Waals surface area contributed by atoms with Gasteiger partial charge in [-0.1, -0.05) is 28.1 Å². The van der Waals surface area contributed by atoms with Crippen LogP contribution in [0.2, 0.25) is 0 Å². The van der Waals surface area contributed by atoms with E-state index in [1.807, 2.05) is 0 Å². The van der Waals surface area contributed by atoms with E-state index < -0.39 is 20.7 Å². The van der Waals surface area contributed by atoms with Gasteiger partial charge in [0, 0.05) is 6.54 Å². The molecule has 0 aliphatic heterocycles. The highest BCUT2D eigenvalue weighted by molar-refractivity contribution is 9.09. The van der Waals surface area contributed by atoms with Crippen LogP contribution in [-0.2, 0) is 14.6 Å². The summed E-state index contributed by atoms with van der Waals surface area (Å²) in [5.74, 6) is -0.308. The normalized spacial score (nSPS) is 13.8. The van der Waals surface area contributed by atoms with E-state index in [0.29, 0.717) is 0 Å². The molecule has 0 heterocycles. The van der Waals surface area contributed by atoms with Crippen LogP contribution in [0, 0.1) is 6.92 Å². The van der Waals surface area contributed by atoms with Gasteiger partial charge in [-0.25, -0.2) is 8.42 Å². The molecule has 118 valence electrons. The van der Waals surface area contributed by atoms with Gasteiger partial charge in [-0.2, -0.15) is 0 Å². The molecule has 0 aliphatic rings. The Balaban J connectivity index is 3.02. The summed E-state index contributed by atoms with van der Waals surface area (Å²) in [7, 11) is -3.73. The highest BCUT2D eigenvalue weighted by Crippen LogP contribution is 2.28. The van der Waals surface area contributed by atoms with Crippen LogP contribution in [0.25, 0.3) is 0 Å². The molecule has 1 aromatic carbocycles. The lowest BCUT2D eigenvalue weighted by Crippen LogP contribution is -2.49. The van der Waals surface area contributed by atoms with Gasteiger partial charge in [0.1, 0.15) is 0 Å². The molecule has 1 rings (SSSR count). The van der Waals surface area contributed by atoms with Crippen molar-refractivity contribution in [3.05, 3.63) is 29.8 Å². The van der Waals surface area contributed by atoms with E-state index in [1.165, 1.54) is 19.9 Å². The van der Waals surface area contributed by atoms with Crippen molar-refractivity contribution in [2.75, 3.05) is 11.9 Å². The molecule has 0 bridgehead atoms. The van der Waals surface area contributed by atoms with Crippen molar-refractivity contribution in [2.45, 2.75) is 36.5 Å². The highest BCUT2D eigenvalue weighted by Gasteiger charge is 2.42. The Bertz CT molecular complexity index is 613. The first kappa shape index (κ1) is 18.1. The van der Waals surface area contributed by atoms with E-state index in [0.717, 1.165) is 5.56 Å². The molecule has 0 fully saturated rings. The van der Waals surface area contributed by atoms with Crippen molar-refractivity contribution in [3.63, 3.8) is 0 Å². The van der Waals surface area contributed by atoms with Crippen LogP contribution < -0.4 is 5.32 Å². The Morgan fingerprint density at radius 1 is 1.43 bits per heavy atom. The van der Waals surface area contributed by atoms with Crippen LogP contribution in [0.3, 0.4) is 0 Å². The summed E-state index contributed by atoms with van der Waals surface area (Å²) in [5, 5.41) is 12.8. The van der Waals surface area contributed by atoms with E-state index in [-0.39, 0.29) is 22.7 Å². The minimum absolute atomic E-state index is 0.102. The van der Waals surface area contributed by atoms with E-state index in [9.17, 15) is 18.3 Å². The van der Waals surface area contributed by atoms with Crippen LogP contribution >= 0.6 is 15.9 Å². The number of aliphatic hydroxyl groups excluding tert-OH is 1. The monoisotopic (exact) mass is 377 g/mol. The second-order valence-corrected chi connectivity index (χ2v) is 8.47. The van der Waals surface area contributed by atoms with E-state index in [2.05, 4.69) is 21.2 Å². The predicted octanol–water partition coefficient (Wildman–Crippen LogP) is 1.42. The number of carbonyl (C=O) groups is 1. The molecule has 2 N–H and O–H groups in total. The van der Waals surface area contributed by atoms with Crippen molar-refractivity contribution >= 4 is 31.7 Å². The maximum atomic E-state index is 12.7. The number of amides is 1. The first-order valence-electron chi connectivity index (χ1n) is 6.45. The van der Waals surface area contributed by atoms with Crippen molar-refractivity contribution in [2.24, 2.45) is 0 Å². The third kappa shape index (κ3) is 4.05. The standard InChI is InChI=1S/C14H20BrNO4S/c1-10-5-4-6-11(7-10)21(19,20)14(2,3)12(17)9-16-13(18)8-15/h4-7,12,17H,8-9H2,1-3H3,(H,16,18). The highest BCUT2D eigenvalue weighted by atomic mass is 79.9. The van der Waals surface area contributed by atoms with E-state index in [1.54, 1.807) is 25.1 Å². The zero-order valence-corrected chi connectivity index (χ0v) is 14.7. The second kappa shape index (κ2) is 6.89. The Hall–Kier alpha value is -0.920. The van der Waals surface area contributed by atoms with Gasteiger partial charge in [-0.15, -0.1) is 0 Å². The number of carbonyl (C=O) groups excluding carboxylic acids is 1. The molecule has 1 atom stereocenters. The summed E-state index contributed by atoms with van der Waals surface area (Å²) < 4.78 is 23.9. The van der Waals surface area contributed by atoms with Gasteiger partial charge in [0.05, 0.1) is 21.1 Å². The molecule has 7 heteroatoms.